The van der Waals surface area contributed by atoms with E-state index in [2.05, 4.69) is 0 Å². The first-order chi connectivity index (χ1) is 8.61. The lowest BCUT2D eigenvalue weighted by Crippen LogP contribution is -2.38. The molecular formula is C13H14ClF2NO. The fourth-order valence-electron chi connectivity index (χ4n) is 2.10. The van der Waals surface area contributed by atoms with Gasteiger partial charge in [0.05, 0.1) is 0 Å². The van der Waals surface area contributed by atoms with Crippen LogP contribution >= 0.6 is 11.6 Å². The highest BCUT2D eigenvalue weighted by Crippen LogP contribution is 2.20. The molecule has 0 saturated carbocycles. The molecule has 1 amide bonds. The van der Waals surface area contributed by atoms with Crippen molar-refractivity contribution >= 4 is 17.5 Å². The van der Waals surface area contributed by atoms with E-state index in [0.717, 1.165) is 25.0 Å². The summed E-state index contributed by atoms with van der Waals surface area (Å²) in [5.74, 6) is -1.13. The molecule has 2 rings (SSSR count). The maximum Gasteiger partial charge on any atom is 0.253 e. The first-order valence-corrected chi connectivity index (χ1v) is 6.45. The van der Waals surface area contributed by atoms with Gasteiger partial charge < -0.3 is 4.90 Å². The molecule has 1 aliphatic rings. The van der Waals surface area contributed by atoms with Crippen molar-refractivity contribution in [3.63, 3.8) is 0 Å². The van der Waals surface area contributed by atoms with Gasteiger partial charge in [-0.15, -0.1) is 11.6 Å². The molecule has 98 valence electrons. The average Bonchev–Trinajstić information content (AvgIpc) is 2.41. The molecule has 1 saturated heterocycles. The highest BCUT2D eigenvalue weighted by molar-refractivity contribution is 6.18. The summed E-state index contributed by atoms with van der Waals surface area (Å²) in [5.41, 5.74) is 0.193. The van der Waals surface area contributed by atoms with Crippen molar-refractivity contribution in [3.05, 3.63) is 35.4 Å². The molecule has 0 N–H and O–H groups in total. The predicted octanol–water partition coefficient (Wildman–Crippen LogP) is 3.06. The zero-order valence-corrected chi connectivity index (χ0v) is 10.6. The van der Waals surface area contributed by atoms with Gasteiger partial charge in [0.25, 0.3) is 5.91 Å². The van der Waals surface area contributed by atoms with E-state index in [9.17, 15) is 13.6 Å². The van der Waals surface area contributed by atoms with Crippen LogP contribution in [0.1, 0.15) is 23.2 Å². The summed E-state index contributed by atoms with van der Waals surface area (Å²) in [6.07, 6.45) is 1.72. The van der Waals surface area contributed by atoms with Gasteiger partial charge in [-0.05, 0) is 37.0 Å². The van der Waals surface area contributed by atoms with Crippen LogP contribution in [0.5, 0.6) is 0 Å². The first kappa shape index (κ1) is 13.3. The Morgan fingerprint density at radius 2 is 1.94 bits per heavy atom. The fourth-order valence-corrected chi connectivity index (χ4v) is 2.41. The quantitative estimate of drug-likeness (QED) is 0.759. The summed E-state index contributed by atoms with van der Waals surface area (Å²) < 4.78 is 25.8. The van der Waals surface area contributed by atoms with Crippen LogP contribution in [0.4, 0.5) is 8.78 Å². The van der Waals surface area contributed by atoms with Crippen LogP contribution in [0.25, 0.3) is 0 Å². The number of piperidine rings is 1. The van der Waals surface area contributed by atoms with E-state index < -0.39 is 11.6 Å². The van der Waals surface area contributed by atoms with Crippen LogP contribution in [-0.2, 0) is 0 Å². The van der Waals surface area contributed by atoms with Gasteiger partial charge in [0.1, 0.15) is 0 Å². The predicted molar refractivity (Wildman–Crippen MR) is 65.7 cm³/mol. The number of alkyl halides is 1. The SMILES string of the molecule is O=C(c1ccc(F)c(F)c1)N1CCC(CCl)CC1. The molecule has 18 heavy (non-hydrogen) atoms. The molecule has 2 nitrogen and oxygen atoms in total. The molecule has 1 aromatic carbocycles. The minimum Gasteiger partial charge on any atom is -0.339 e. The van der Waals surface area contributed by atoms with Crippen LogP contribution in [0, 0.1) is 17.6 Å². The lowest BCUT2D eigenvalue weighted by molar-refractivity contribution is 0.0697. The fraction of sp³-hybridized carbons (Fsp3) is 0.462. The Kier molecular flexibility index (Phi) is 4.17. The van der Waals surface area contributed by atoms with Crippen molar-refractivity contribution < 1.29 is 13.6 Å². The molecule has 0 spiro atoms. The number of carbonyl (C=O) groups excluding carboxylic acids is 1. The maximum absolute atomic E-state index is 13.1. The van der Waals surface area contributed by atoms with E-state index in [4.69, 9.17) is 11.6 Å². The second kappa shape index (κ2) is 5.65. The van der Waals surface area contributed by atoms with Gasteiger partial charge in [0, 0.05) is 24.5 Å². The molecule has 0 aromatic heterocycles. The number of carbonyl (C=O) groups is 1. The van der Waals surface area contributed by atoms with Gasteiger partial charge >= 0.3 is 0 Å². The number of hydrogen-bond donors (Lipinski definition) is 0. The number of benzene rings is 1. The standard InChI is InChI=1S/C13H14ClF2NO/c14-8-9-3-5-17(6-4-9)13(18)10-1-2-11(15)12(16)7-10/h1-2,7,9H,3-6,8H2. The van der Waals surface area contributed by atoms with Crippen LogP contribution in [0.15, 0.2) is 18.2 Å². The molecule has 5 heteroatoms. The molecule has 0 unspecified atom stereocenters. The van der Waals surface area contributed by atoms with Crippen molar-refractivity contribution in [1.82, 2.24) is 4.90 Å². The van der Waals surface area contributed by atoms with Gasteiger partial charge in [0.2, 0.25) is 0 Å². The van der Waals surface area contributed by atoms with Crippen molar-refractivity contribution in [2.75, 3.05) is 19.0 Å². The topological polar surface area (TPSA) is 20.3 Å². The summed E-state index contributed by atoms with van der Waals surface area (Å²) in [5, 5.41) is 0. The van der Waals surface area contributed by atoms with Gasteiger partial charge in [-0.3, -0.25) is 4.79 Å². The third-order valence-electron chi connectivity index (χ3n) is 3.29. The smallest absolute Gasteiger partial charge is 0.253 e. The second-order valence-corrected chi connectivity index (χ2v) is 4.83. The highest BCUT2D eigenvalue weighted by atomic mass is 35.5. The summed E-state index contributed by atoms with van der Waals surface area (Å²) in [6.45, 7) is 1.24. The van der Waals surface area contributed by atoms with E-state index >= 15 is 0 Å². The van der Waals surface area contributed by atoms with Crippen LogP contribution in [0.2, 0.25) is 0 Å². The summed E-state index contributed by atoms with van der Waals surface area (Å²) >= 11 is 5.77. The number of likely N-dealkylation sites (tertiary alicyclic amines) is 1. The third-order valence-corrected chi connectivity index (χ3v) is 3.72. The number of amides is 1. The Morgan fingerprint density at radius 3 is 2.50 bits per heavy atom. The van der Waals surface area contributed by atoms with Crippen molar-refractivity contribution in [3.8, 4) is 0 Å². The van der Waals surface area contributed by atoms with E-state index in [-0.39, 0.29) is 11.5 Å². The lowest BCUT2D eigenvalue weighted by Gasteiger charge is -2.31. The monoisotopic (exact) mass is 273 g/mol. The molecule has 0 atom stereocenters. The van der Waals surface area contributed by atoms with Gasteiger partial charge in [-0.25, -0.2) is 8.78 Å². The van der Waals surface area contributed by atoms with E-state index in [1.807, 2.05) is 0 Å². The normalized spacial score (nSPS) is 16.9. The zero-order valence-electron chi connectivity index (χ0n) is 9.83. The Morgan fingerprint density at radius 1 is 1.28 bits per heavy atom. The van der Waals surface area contributed by atoms with Gasteiger partial charge in [-0.2, -0.15) is 0 Å². The molecular weight excluding hydrogens is 260 g/mol. The summed E-state index contributed by atoms with van der Waals surface area (Å²) in [7, 11) is 0. The number of rotatable bonds is 2. The molecule has 0 radical (unpaired) electrons. The van der Waals surface area contributed by atoms with Crippen LogP contribution in [-0.4, -0.2) is 29.8 Å². The van der Waals surface area contributed by atoms with Gasteiger partial charge in [-0.1, -0.05) is 0 Å². The summed E-state index contributed by atoms with van der Waals surface area (Å²) in [6, 6.07) is 3.24. The molecule has 1 heterocycles. The first-order valence-electron chi connectivity index (χ1n) is 5.92. The molecule has 0 aliphatic carbocycles. The molecule has 1 fully saturated rings. The molecule has 0 bridgehead atoms. The lowest BCUT2D eigenvalue weighted by atomic mass is 9.98. The number of nitrogens with zero attached hydrogens (tertiary/aromatic N) is 1. The largest absolute Gasteiger partial charge is 0.339 e. The molecule has 1 aliphatic heterocycles. The van der Waals surface area contributed by atoms with E-state index in [1.54, 1.807) is 4.90 Å². The Labute approximate surface area is 110 Å². The second-order valence-electron chi connectivity index (χ2n) is 4.52. The van der Waals surface area contributed by atoms with Crippen molar-refractivity contribution in [2.45, 2.75) is 12.8 Å². The van der Waals surface area contributed by atoms with Crippen molar-refractivity contribution in [2.24, 2.45) is 5.92 Å². The van der Waals surface area contributed by atoms with Crippen LogP contribution < -0.4 is 0 Å². The molecule has 1 aromatic rings. The zero-order chi connectivity index (χ0) is 13.1. The Balaban J connectivity index is 2.05. The van der Waals surface area contributed by atoms with Crippen molar-refractivity contribution in [1.29, 1.82) is 0 Å². The highest BCUT2D eigenvalue weighted by Gasteiger charge is 2.23. The Bertz CT molecular complexity index is 445. The number of halogens is 3. The average molecular weight is 274 g/mol. The third kappa shape index (κ3) is 2.80. The minimum absolute atomic E-state index is 0.193. The van der Waals surface area contributed by atoms with E-state index in [0.29, 0.717) is 24.9 Å². The maximum atomic E-state index is 13.1. The summed E-state index contributed by atoms with van der Waals surface area (Å²) in [4.78, 5) is 13.7. The Hall–Kier alpha value is -1.16. The minimum atomic E-state index is -0.989. The van der Waals surface area contributed by atoms with Gasteiger partial charge in [0.15, 0.2) is 11.6 Å². The van der Waals surface area contributed by atoms with Crippen LogP contribution in [0.3, 0.4) is 0 Å². The number of hydrogen-bond acceptors (Lipinski definition) is 1. The van der Waals surface area contributed by atoms with E-state index in [1.165, 1.54) is 6.07 Å².